The molecule has 0 spiro atoms. The van der Waals surface area contributed by atoms with Gasteiger partial charge in [0.1, 0.15) is 11.6 Å². The number of imidazole rings is 1. The Bertz CT molecular complexity index is 861. The summed E-state index contributed by atoms with van der Waals surface area (Å²) in [5.41, 5.74) is 2.19. The van der Waals surface area contributed by atoms with Gasteiger partial charge < -0.3 is 15.2 Å². The van der Waals surface area contributed by atoms with Crippen LogP contribution in [0, 0.1) is 12.7 Å². The maximum absolute atomic E-state index is 13.5. The van der Waals surface area contributed by atoms with Gasteiger partial charge in [0, 0.05) is 30.5 Å². The zero-order chi connectivity index (χ0) is 17.6. The lowest BCUT2D eigenvalue weighted by Crippen LogP contribution is -2.32. The maximum Gasteiger partial charge on any atom is 0.319 e. The Morgan fingerprint density at radius 3 is 2.60 bits per heavy atom. The first-order chi connectivity index (χ1) is 12.1. The molecule has 128 valence electrons. The summed E-state index contributed by atoms with van der Waals surface area (Å²) < 4.78 is 15.6. The summed E-state index contributed by atoms with van der Waals surface area (Å²) in [5, 5.41) is 5.24. The van der Waals surface area contributed by atoms with Crippen molar-refractivity contribution >= 4 is 11.7 Å². The Labute approximate surface area is 145 Å². The largest absolute Gasteiger partial charge is 0.336 e. The van der Waals surface area contributed by atoms with Crippen molar-refractivity contribution in [3.8, 4) is 11.4 Å². The second kappa shape index (κ2) is 7.61. The van der Waals surface area contributed by atoms with Crippen LogP contribution in [0.4, 0.5) is 14.9 Å². The van der Waals surface area contributed by atoms with E-state index in [2.05, 4.69) is 15.6 Å². The van der Waals surface area contributed by atoms with Crippen molar-refractivity contribution in [2.45, 2.75) is 13.5 Å². The molecule has 0 fully saturated rings. The normalized spacial score (nSPS) is 10.5. The van der Waals surface area contributed by atoms with Crippen LogP contribution >= 0.6 is 0 Å². The third-order valence-electron chi connectivity index (χ3n) is 3.83. The molecule has 1 heterocycles. The van der Waals surface area contributed by atoms with E-state index in [-0.39, 0.29) is 5.69 Å². The smallest absolute Gasteiger partial charge is 0.319 e. The highest BCUT2D eigenvalue weighted by atomic mass is 19.1. The number of halogens is 1. The Morgan fingerprint density at radius 2 is 1.84 bits per heavy atom. The van der Waals surface area contributed by atoms with Crippen LogP contribution in [0.15, 0.2) is 60.8 Å². The van der Waals surface area contributed by atoms with E-state index in [1.54, 1.807) is 12.1 Å². The standard InChI is InChI=1S/C19H19FN4O/c1-14-13-22-18(15-7-3-2-4-8-15)24(14)12-11-21-19(25)23-17-10-6-5-9-16(17)20/h2-10,13H,11-12H2,1H3,(H2,21,23,25). The molecule has 3 rings (SSSR count). The van der Waals surface area contributed by atoms with Gasteiger partial charge in [-0.05, 0) is 19.1 Å². The van der Waals surface area contributed by atoms with Crippen LogP contribution in [0.2, 0.25) is 0 Å². The van der Waals surface area contributed by atoms with Crippen LogP contribution in [-0.4, -0.2) is 22.1 Å². The maximum atomic E-state index is 13.5. The van der Waals surface area contributed by atoms with Gasteiger partial charge in [0.2, 0.25) is 0 Å². The molecule has 3 aromatic rings. The predicted octanol–water partition coefficient (Wildman–Crippen LogP) is 3.82. The van der Waals surface area contributed by atoms with Gasteiger partial charge in [-0.2, -0.15) is 0 Å². The number of benzene rings is 2. The van der Waals surface area contributed by atoms with Crippen molar-refractivity contribution in [1.29, 1.82) is 0 Å². The fourth-order valence-corrected chi connectivity index (χ4v) is 2.57. The molecule has 0 aliphatic heterocycles. The van der Waals surface area contributed by atoms with Gasteiger partial charge in [-0.1, -0.05) is 42.5 Å². The predicted molar refractivity (Wildman–Crippen MR) is 95.8 cm³/mol. The van der Waals surface area contributed by atoms with Gasteiger partial charge in [-0.3, -0.25) is 0 Å². The third kappa shape index (κ3) is 4.03. The average molecular weight is 338 g/mol. The second-order valence-electron chi connectivity index (χ2n) is 5.60. The van der Waals surface area contributed by atoms with Crippen molar-refractivity contribution in [2.24, 2.45) is 0 Å². The minimum absolute atomic E-state index is 0.156. The second-order valence-corrected chi connectivity index (χ2v) is 5.60. The summed E-state index contributed by atoms with van der Waals surface area (Å²) >= 11 is 0. The van der Waals surface area contributed by atoms with E-state index in [9.17, 15) is 9.18 Å². The Balaban J connectivity index is 1.60. The van der Waals surface area contributed by atoms with Gasteiger partial charge in [0.15, 0.2) is 0 Å². The molecule has 0 bridgehead atoms. The highest BCUT2D eigenvalue weighted by Gasteiger charge is 2.10. The SMILES string of the molecule is Cc1cnc(-c2ccccc2)n1CCNC(=O)Nc1ccccc1F. The zero-order valence-corrected chi connectivity index (χ0v) is 13.9. The van der Waals surface area contributed by atoms with E-state index in [0.29, 0.717) is 13.1 Å². The number of hydrogen-bond donors (Lipinski definition) is 2. The molecule has 25 heavy (non-hydrogen) atoms. The summed E-state index contributed by atoms with van der Waals surface area (Å²) in [4.78, 5) is 16.4. The lowest BCUT2D eigenvalue weighted by Gasteiger charge is -2.12. The summed E-state index contributed by atoms with van der Waals surface area (Å²) in [6.45, 7) is 2.94. The molecular formula is C19H19FN4O. The Hall–Kier alpha value is -3.15. The van der Waals surface area contributed by atoms with Gasteiger partial charge in [-0.15, -0.1) is 0 Å². The molecule has 2 aromatic carbocycles. The van der Waals surface area contributed by atoms with E-state index in [4.69, 9.17) is 0 Å². The highest BCUT2D eigenvalue weighted by molar-refractivity contribution is 5.89. The Morgan fingerprint density at radius 1 is 1.12 bits per heavy atom. The fraction of sp³-hybridized carbons (Fsp3) is 0.158. The summed E-state index contributed by atoms with van der Waals surface area (Å²) in [6, 6.07) is 15.5. The van der Waals surface area contributed by atoms with Gasteiger partial charge in [-0.25, -0.2) is 14.2 Å². The molecule has 0 atom stereocenters. The molecular weight excluding hydrogens is 319 g/mol. The first-order valence-electron chi connectivity index (χ1n) is 8.02. The number of aryl methyl sites for hydroxylation is 1. The number of para-hydroxylation sites is 1. The third-order valence-corrected chi connectivity index (χ3v) is 3.83. The zero-order valence-electron chi connectivity index (χ0n) is 13.9. The van der Waals surface area contributed by atoms with Crippen LogP contribution < -0.4 is 10.6 Å². The molecule has 0 aliphatic rings. The highest BCUT2D eigenvalue weighted by Crippen LogP contribution is 2.18. The number of amides is 2. The van der Waals surface area contributed by atoms with Gasteiger partial charge >= 0.3 is 6.03 Å². The lowest BCUT2D eigenvalue weighted by molar-refractivity contribution is 0.251. The van der Waals surface area contributed by atoms with E-state index < -0.39 is 11.8 Å². The first kappa shape index (κ1) is 16.7. The van der Waals surface area contributed by atoms with Crippen LogP contribution in [0.3, 0.4) is 0 Å². The minimum atomic E-state index is -0.463. The summed E-state index contributed by atoms with van der Waals surface area (Å²) in [7, 11) is 0. The van der Waals surface area contributed by atoms with Crippen molar-refractivity contribution in [2.75, 3.05) is 11.9 Å². The average Bonchev–Trinajstić information content (AvgIpc) is 2.99. The van der Waals surface area contributed by atoms with E-state index in [1.165, 1.54) is 12.1 Å². The van der Waals surface area contributed by atoms with Crippen molar-refractivity contribution in [3.63, 3.8) is 0 Å². The van der Waals surface area contributed by atoms with Crippen LogP contribution in [-0.2, 0) is 6.54 Å². The molecule has 0 aliphatic carbocycles. The summed E-state index contributed by atoms with van der Waals surface area (Å²) in [6.07, 6.45) is 1.81. The van der Waals surface area contributed by atoms with Crippen LogP contribution in [0.25, 0.3) is 11.4 Å². The minimum Gasteiger partial charge on any atom is -0.336 e. The number of rotatable bonds is 5. The molecule has 2 N–H and O–H groups in total. The number of urea groups is 1. The molecule has 0 saturated heterocycles. The van der Waals surface area contributed by atoms with Crippen molar-refractivity contribution < 1.29 is 9.18 Å². The lowest BCUT2D eigenvalue weighted by atomic mass is 10.2. The number of carbonyl (C=O) groups is 1. The first-order valence-corrected chi connectivity index (χ1v) is 8.02. The number of nitrogens with one attached hydrogen (secondary N) is 2. The summed E-state index contributed by atoms with van der Waals surface area (Å²) in [5.74, 6) is 0.392. The van der Waals surface area contributed by atoms with Gasteiger partial charge in [0.05, 0.1) is 5.69 Å². The topological polar surface area (TPSA) is 59.0 Å². The number of hydrogen-bond acceptors (Lipinski definition) is 2. The molecule has 0 saturated carbocycles. The Kier molecular flexibility index (Phi) is 5.09. The van der Waals surface area contributed by atoms with E-state index in [0.717, 1.165) is 17.1 Å². The van der Waals surface area contributed by atoms with Crippen molar-refractivity contribution in [1.82, 2.24) is 14.9 Å². The number of nitrogens with zero attached hydrogens (tertiary/aromatic N) is 2. The molecule has 1 aromatic heterocycles. The number of aromatic nitrogens is 2. The van der Waals surface area contributed by atoms with Crippen LogP contribution in [0.5, 0.6) is 0 Å². The molecule has 0 unspecified atom stereocenters. The molecule has 0 radical (unpaired) electrons. The number of anilines is 1. The van der Waals surface area contributed by atoms with Crippen molar-refractivity contribution in [3.05, 3.63) is 72.3 Å². The molecule has 2 amide bonds. The quantitative estimate of drug-likeness (QED) is 0.743. The molecule has 6 heteroatoms. The monoisotopic (exact) mass is 338 g/mol. The van der Waals surface area contributed by atoms with E-state index >= 15 is 0 Å². The molecule has 5 nitrogen and oxygen atoms in total. The van der Waals surface area contributed by atoms with Gasteiger partial charge in [0.25, 0.3) is 0 Å². The van der Waals surface area contributed by atoms with Crippen LogP contribution in [0.1, 0.15) is 5.69 Å². The number of carbonyl (C=O) groups excluding carboxylic acids is 1. The van der Waals surface area contributed by atoms with E-state index in [1.807, 2.05) is 48.0 Å². The fourth-order valence-electron chi connectivity index (χ4n) is 2.57.